The van der Waals surface area contributed by atoms with Crippen LogP contribution in [-0.2, 0) is 19.6 Å². The van der Waals surface area contributed by atoms with Crippen LogP contribution in [0.25, 0.3) is 0 Å². The summed E-state index contributed by atoms with van der Waals surface area (Å²) >= 11 is 0. The Bertz CT molecular complexity index is 747. The summed E-state index contributed by atoms with van der Waals surface area (Å²) in [5.41, 5.74) is -0.719. The Morgan fingerprint density at radius 2 is 1.38 bits per heavy atom. The molecule has 160 valence electrons. The number of ether oxygens (including phenoxy) is 2. The molecule has 9 heteroatoms. The van der Waals surface area contributed by atoms with Crippen molar-refractivity contribution in [1.29, 1.82) is 0 Å². The van der Waals surface area contributed by atoms with Crippen molar-refractivity contribution in [1.82, 2.24) is 0 Å². The number of hydrogen-bond acceptors (Lipinski definition) is 6. The van der Waals surface area contributed by atoms with E-state index < -0.39 is 32.5 Å². The molecule has 1 N–H and O–H groups in total. The van der Waals surface area contributed by atoms with E-state index in [2.05, 4.69) is 13.8 Å². The molecule has 0 heterocycles. The van der Waals surface area contributed by atoms with E-state index in [1.807, 2.05) is 0 Å². The van der Waals surface area contributed by atoms with E-state index in [9.17, 15) is 22.6 Å². The van der Waals surface area contributed by atoms with Gasteiger partial charge in [-0.15, -0.1) is 0 Å². The van der Waals surface area contributed by atoms with Gasteiger partial charge in [0, 0.05) is 0 Å². The summed E-state index contributed by atoms with van der Waals surface area (Å²) < 4.78 is 43.1. The number of benzene rings is 1. The molecule has 0 saturated heterocycles. The SMILES string of the molecule is CCCCCCOC(=O)c1cccc(S(=O)(=O)O)c1C(=O)OCCCCCC.[NaH]. The van der Waals surface area contributed by atoms with Crippen molar-refractivity contribution in [3.05, 3.63) is 29.3 Å². The van der Waals surface area contributed by atoms with Crippen LogP contribution in [-0.4, -0.2) is 67.7 Å². The average Bonchev–Trinajstić information content (AvgIpc) is 2.66. The van der Waals surface area contributed by atoms with Gasteiger partial charge >= 0.3 is 41.5 Å². The molecule has 1 aromatic rings. The summed E-state index contributed by atoms with van der Waals surface area (Å²) in [5, 5.41) is 0. The molecule has 29 heavy (non-hydrogen) atoms. The van der Waals surface area contributed by atoms with Crippen LogP contribution in [0.4, 0.5) is 0 Å². The molecule has 0 atom stereocenters. The second-order valence-electron chi connectivity index (χ2n) is 6.55. The van der Waals surface area contributed by atoms with E-state index in [4.69, 9.17) is 9.47 Å². The molecule has 0 aliphatic heterocycles. The van der Waals surface area contributed by atoms with Crippen molar-refractivity contribution in [2.75, 3.05) is 13.2 Å². The molecule has 0 aliphatic rings. The molecule has 1 aromatic carbocycles. The third kappa shape index (κ3) is 10.1. The Labute approximate surface area is 195 Å². The second kappa shape index (κ2) is 15.0. The van der Waals surface area contributed by atoms with Gasteiger partial charge in [-0.05, 0) is 25.0 Å². The standard InChI is InChI=1S/C20H30O7S.Na.H/c1-3-5-7-9-14-26-19(21)16-12-11-13-17(28(23,24)25)18(16)20(22)27-15-10-8-6-4-2;;/h11-13H,3-10,14-15H2,1-2H3,(H,23,24,25);;. The summed E-state index contributed by atoms with van der Waals surface area (Å²) in [6, 6.07) is 3.62. The van der Waals surface area contributed by atoms with E-state index in [0.29, 0.717) is 12.8 Å². The van der Waals surface area contributed by atoms with E-state index in [0.717, 1.165) is 44.6 Å². The molecule has 0 aromatic heterocycles. The number of hydrogen-bond donors (Lipinski definition) is 1. The van der Waals surface area contributed by atoms with Crippen molar-refractivity contribution in [3.8, 4) is 0 Å². The van der Waals surface area contributed by atoms with Crippen molar-refractivity contribution >= 4 is 51.6 Å². The first-order valence-electron chi connectivity index (χ1n) is 9.77. The van der Waals surface area contributed by atoms with Crippen LogP contribution in [0.5, 0.6) is 0 Å². The molecular formula is C20H31NaO7S. The van der Waals surface area contributed by atoms with Gasteiger partial charge in [-0.25, -0.2) is 9.59 Å². The van der Waals surface area contributed by atoms with Crippen LogP contribution < -0.4 is 0 Å². The van der Waals surface area contributed by atoms with Gasteiger partial charge < -0.3 is 9.47 Å². The zero-order valence-electron chi connectivity index (χ0n) is 16.6. The van der Waals surface area contributed by atoms with E-state index >= 15 is 0 Å². The molecular weight excluding hydrogens is 407 g/mol. The van der Waals surface area contributed by atoms with Crippen LogP contribution in [0, 0.1) is 0 Å². The third-order valence-electron chi connectivity index (χ3n) is 4.19. The second-order valence-corrected chi connectivity index (χ2v) is 7.94. The number of carbonyl (C=O) groups excluding carboxylic acids is 2. The Hall–Kier alpha value is -0.930. The monoisotopic (exact) mass is 438 g/mol. The maximum absolute atomic E-state index is 12.5. The molecule has 7 nitrogen and oxygen atoms in total. The van der Waals surface area contributed by atoms with Crippen LogP contribution in [0.2, 0.25) is 0 Å². The zero-order chi connectivity index (χ0) is 21.0. The molecule has 0 aliphatic carbocycles. The molecule has 0 bridgehead atoms. The van der Waals surface area contributed by atoms with E-state index in [-0.39, 0.29) is 48.3 Å². The topological polar surface area (TPSA) is 107 Å². The van der Waals surface area contributed by atoms with Gasteiger partial charge in [-0.3, -0.25) is 4.55 Å². The predicted molar refractivity (Wildman–Crippen MR) is 112 cm³/mol. The van der Waals surface area contributed by atoms with Crippen molar-refractivity contribution in [3.63, 3.8) is 0 Å². The summed E-state index contributed by atoms with van der Waals surface area (Å²) in [7, 11) is -4.71. The zero-order valence-corrected chi connectivity index (χ0v) is 17.4. The molecule has 1 rings (SSSR count). The normalized spacial score (nSPS) is 10.9. The minimum atomic E-state index is -4.71. The first-order chi connectivity index (χ1) is 13.3. The molecule has 0 saturated carbocycles. The fourth-order valence-corrected chi connectivity index (χ4v) is 3.37. The molecule has 0 unspecified atom stereocenters. The predicted octanol–water partition coefficient (Wildman–Crippen LogP) is 3.76. The number of rotatable bonds is 13. The molecule has 0 amide bonds. The van der Waals surface area contributed by atoms with Gasteiger partial charge in [0.05, 0.1) is 24.3 Å². The van der Waals surface area contributed by atoms with Crippen LogP contribution in [0.1, 0.15) is 85.9 Å². The van der Waals surface area contributed by atoms with Gasteiger partial charge in [0.25, 0.3) is 10.1 Å². The third-order valence-corrected chi connectivity index (χ3v) is 5.09. The van der Waals surface area contributed by atoms with Crippen molar-refractivity contribution in [2.45, 2.75) is 70.1 Å². The maximum atomic E-state index is 12.5. The minimum absolute atomic E-state index is 0. The van der Waals surface area contributed by atoms with Gasteiger partial charge in [0.1, 0.15) is 4.90 Å². The summed E-state index contributed by atoms with van der Waals surface area (Å²) in [6.45, 7) is 4.38. The number of esters is 2. The van der Waals surface area contributed by atoms with Crippen LogP contribution in [0.15, 0.2) is 23.1 Å². The fraction of sp³-hybridized carbons (Fsp3) is 0.600. The fourth-order valence-electron chi connectivity index (χ4n) is 2.66. The Morgan fingerprint density at radius 3 is 1.86 bits per heavy atom. The van der Waals surface area contributed by atoms with Crippen LogP contribution in [0.3, 0.4) is 0 Å². The van der Waals surface area contributed by atoms with Gasteiger partial charge in [-0.1, -0.05) is 58.4 Å². The molecule has 0 spiro atoms. The van der Waals surface area contributed by atoms with Gasteiger partial charge in [0.15, 0.2) is 0 Å². The number of unbranched alkanes of at least 4 members (excludes halogenated alkanes) is 6. The average molecular weight is 439 g/mol. The van der Waals surface area contributed by atoms with E-state index in [1.165, 1.54) is 12.1 Å². The van der Waals surface area contributed by atoms with Crippen molar-refractivity contribution in [2.24, 2.45) is 0 Å². The number of carbonyl (C=O) groups is 2. The molecule has 0 radical (unpaired) electrons. The van der Waals surface area contributed by atoms with Crippen LogP contribution >= 0.6 is 0 Å². The first kappa shape index (κ1) is 28.1. The Balaban J connectivity index is 0.00000784. The van der Waals surface area contributed by atoms with E-state index in [1.54, 1.807) is 0 Å². The Morgan fingerprint density at radius 1 is 0.862 bits per heavy atom. The van der Waals surface area contributed by atoms with Gasteiger partial charge in [0.2, 0.25) is 0 Å². The quantitative estimate of drug-likeness (QED) is 0.216. The summed E-state index contributed by atoms with van der Waals surface area (Å²) in [5.74, 6) is -1.79. The summed E-state index contributed by atoms with van der Waals surface area (Å²) in [4.78, 5) is 24.2. The summed E-state index contributed by atoms with van der Waals surface area (Å²) in [6.07, 6.45) is 7.16. The Kier molecular flexibility index (Phi) is 14.5. The van der Waals surface area contributed by atoms with Gasteiger partial charge in [-0.2, -0.15) is 8.42 Å². The van der Waals surface area contributed by atoms with Crippen molar-refractivity contribution < 1.29 is 32.0 Å². The first-order valence-corrected chi connectivity index (χ1v) is 11.2. The molecule has 0 fully saturated rings.